The Morgan fingerprint density at radius 2 is 0.692 bits per heavy atom. The minimum atomic E-state index is -1.26. The molecule has 52 heavy (non-hydrogen) atoms. The van der Waals surface area contributed by atoms with E-state index in [1.165, 1.54) is 6.07 Å². The minimum absolute atomic E-state index is 0. The van der Waals surface area contributed by atoms with E-state index in [0.29, 0.717) is 51.6 Å². The van der Waals surface area contributed by atoms with E-state index in [1.807, 2.05) is 72.8 Å². The number of aliphatic hydroxyl groups excluding tert-OH is 1. The topological polar surface area (TPSA) is 134 Å². The van der Waals surface area contributed by atoms with E-state index >= 15 is 0 Å². The van der Waals surface area contributed by atoms with Crippen LogP contribution in [-0.4, -0.2) is 63.9 Å². The Balaban J connectivity index is 0.00000605. The van der Waals surface area contributed by atoms with Gasteiger partial charge in [-0.05, 0) is 54.1 Å². The molecular weight excluding hydrogens is 696 g/mol. The van der Waals surface area contributed by atoms with Crippen LogP contribution in [0.2, 0.25) is 0 Å². The predicted octanol–water partition coefficient (Wildman–Crippen LogP) is 2.38. The van der Waals surface area contributed by atoms with Crippen molar-refractivity contribution in [3.05, 3.63) is 132 Å². The number of para-hydroxylation sites is 8. The molecule has 0 saturated carbocycles. The Morgan fingerprint density at radius 3 is 1.00 bits per heavy atom. The van der Waals surface area contributed by atoms with E-state index in [1.54, 1.807) is 42.5 Å². The summed E-state index contributed by atoms with van der Waals surface area (Å²) in [7, 11) is 0. The number of aliphatic hydroxyl groups is 1. The summed E-state index contributed by atoms with van der Waals surface area (Å²) in [5.41, 5.74) is 0.583. The Morgan fingerprint density at radius 1 is 0.423 bits per heavy atom. The first-order valence-electron chi connectivity index (χ1n) is 16.4. The maximum atomic E-state index is 11.4. The number of carboxylic acid groups (broad SMARTS) is 1. The third-order valence-electron chi connectivity index (χ3n) is 7.16. The van der Waals surface area contributed by atoms with Gasteiger partial charge in [0.25, 0.3) is 0 Å². The fourth-order valence-corrected chi connectivity index (χ4v) is 4.82. The molecule has 0 unspecified atom stereocenters. The molecule has 11 nitrogen and oxygen atoms in total. The van der Waals surface area contributed by atoms with Gasteiger partial charge in [-0.15, -0.1) is 0 Å². The van der Waals surface area contributed by atoms with Gasteiger partial charge in [0.15, 0.2) is 46.0 Å². The second-order valence-electron chi connectivity index (χ2n) is 10.7. The first-order valence-corrected chi connectivity index (χ1v) is 16.4. The standard InChI is InChI=1S/C40H40O11.K/c41-21-22-44-32-13-3-4-14-33(32)45-23-24-46-34-15-5-6-16-35(34)47-25-26-48-36-17-7-8-18-37(36)49-27-28-50-38-19-9-10-20-39(38)51-29-30-11-1-2-12-31(30)40(42)43;/h1-20,41H,21-29H2,(H,42,43);/q;+1/p-1. The molecule has 0 aliphatic heterocycles. The number of ether oxygens (including phenoxy) is 8. The van der Waals surface area contributed by atoms with Crippen LogP contribution in [0.15, 0.2) is 121 Å². The van der Waals surface area contributed by atoms with Crippen molar-refractivity contribution in [2.45, 2.75) is 6.61 Å². The molecule has 0 fully saturated rings. The van der Waals surface area contributed by atoms with Crippen molar-refractivity contribution in [2.75, 3.05) is 52.9 Å². The first kappa shape index (κ1) is 40.3. The fourth-order valence-electron chi connectivity index (χ4n) is 4.82. The maximum Gasteiger partial charge on any atom is 1.00 e. The number of benzene rings is 5. The molecule has 5 aromatic carbocycles. The van der Waals surface area contributed by atoms with Crippen molar-refractivity contribution in [3.8, 4) is 46.0 Å². The third kappa shape index (κ3) is 12.7. The molecule has 266 valence electrons. The molecule has 0 spiro atoms. The van der Waals surface area contributed by atoms with E-state index < -0.39 is 5.97 Å². The summed E-state index contributed by atoms with van der Waals surface area (Å²) in [6.45, 7) is 1.66. The van der Waals surface area contributed by atoms with Crippen molar-refractivity contribution in [1.82, 2.24) is 0 Å². The van der Waals surface area contributed by atoms with Crippen molar-refractivity contribution < 1.29 is 104 Å². The molecule has 12 heteroatoms. The van der Waals surface area contributed by atoms with Crippen LogP contribution in [0.1, 0.15) is 15.9 Å². The van der Waals surface area contributed by atoms with Crippen molar-refractivity contribution in [2.24, 2.45) is 0 Å². The second kappa shape index (κ2) is 22.5. The number of carboxylic acids is 1. The summed E-state index contributed by atoms with van der Waals surface area (Å²) in [5.74, 6) is 3.09. The van der Waals surface area contributed by atoms with E-state index in [2.05, 4.69) is 0 Å². The Labute approximate surface area is 345 Å². The Hall–Kier alpha value is -4.43. The van der Waals surface area contributed by atoms with Crippen LogP contribution in [0.4, 0.5) is 0 Å². The zero-order chi connectivity index (χ0) is 35.5. The molecule has 1 N–H and O–H groups in total. The SMILES string of the molecule is O=C([O-])c1ccccc1COc1ccccc1OCCOc1ccccc1OCCOc1ccccc1OCCOc1ccccc1OCCO.[K+]. The zero-order valence-corrected chi connectivity index (χ0v) is 32.1. The summed E-state index contributed by atoms with van der Waals surface area (Å²) in [6, 6.07) is 35.6. The van der Waals surface area contributed by atoms with Crippen LogP contribution >= 0.6 is 0 Å². The zero-order valence-electron chi connectivity index (χ0n) is 28.9. The van der Waals surface area contributed by atoms with Gasteiger partial charge in [0.05, 0.1) is 12.6 Å². The maximum absolute atomic E-state index is 11.4. The smallest absolute Gasteiger partial charge is 0.545 e. The van der Waals surface area contributed by atoms with Crippen LogP contribution in [0.5, 0.6) is 46.0 Å². The van der Waals surface area contributed by atoms with Gasteiger partial charge >= 0.3 is 51.4 Å². The molecule has 5 aromatic rings. The van der Waals surface area contributed by atoms with Crippen LogP contribution in [0, 0.1) is 0 Å². The monoisotopic (exact) mass is 734 g/mol. The van der Waals surface area contributed by atoms with Gasteiger partial charge in [-0.3, -0.25) is 0 Å². The normalized spacial score (nSPS) is 10.3. The number of hydrogen-bond donors (Lipinski definition) is 1. The van der Waals surface area contributed by atoms with E-state index in [-0.39, 0.29) is 116 Å². The molecule has 0 aliphatic rings. The molecule has 0 saturated heterocycles. The van der Waals surface area contributed by atoms with Gasteiger partial charge in [0.2, 0.25) is 0 Å². The summed E-state index contributed by atoms with van der Waals surface area (Å²) in [6.07, 6.45) is 0. The van der Waals surface area contributed by atoms with E-state index in [4.69, 9.17) is 43.0 Å². The number of carbonyl (C=O) groups excluding carboxylic acids is 1. The van der Waals surface area contributed by atoms with E-state index in [9.17, 15) is 9.90 Å². The number of carbonyl (C=O) groups is 1. The van der Waals surface area contributed by atoms with Crippen LogP contribution in [0.25, 0.3) is 0 Å². The van der Waals surface area contributed by atoms with Gasteiger partial charge in [-0.2, -0.15) is 0 Å². The van der Waals surface area contributed by atoms with Gasteiger partial charge in [-0.25, -0.2) is 0 Å². The molecule has 5 rings (SSSR count). The summed E-state index contributed by atoms with van der Waals surface area (Å²) in [5, 5.41) is 20.5. The van der Waals surface area contributed by atoms with Crippen molar-refractivity contribution in [1.29, 1.82) is 0 Å². The quantitative estimate of drug-likeness (QED) is 0.0831. The van der Waals surface area contributed by atoms with Crippen molar-refractivity contribution >= 4 is 5.97 Å². The average molecular weight is 735 g/mol. The van der Waals surface area contributed by atoms with Crippen molar-refractivity contribution in [3.63, 3.8) is 0 Å². The molecule has 0 atom stereocenters. The Kier molecular flexibility index (Phi) is 17.4. The van der Waals surface area contributed by atoms with Crippen LogP contribution < -0.4 is 94.4 Å². The first-order chi connectivity index (χ1) is 25.1. The van der Waals surface area contributed by atoms with Gasteiger partial charge in [0, 0.05) is 5.56 Å². The number of aromatic carboxylic acids is 1. The van der Waals surface area contributed by atoms with Crippen LogP contribution in [-0.2, 0) is 6.61 Å². The molecule has 0 aromatic heterocycles. The molecule has 0 aliphatic carbocycles. The second-order valence-corrected chi connectivity index (χ2v) is 10.7. The minimum Gasteiger partial charge on any atom is -0.545 e. The van der Waals surface area contributed by atoms with E-state index in [0.717, 1.165) is 0 Å². The molecular formula is C40H39KO11. The Bertz CT molecular complexity index is 1820. The average Bonchev–Trinajstić information content (AvgIpc) is 3.17. The predicted molar refractivity (Wildman–Crippen MR) is 186 cm³/mol. The largest absolute Gasteiger partial charge is 1.00 e. The summed E-state index contributed by atoms with van der Waals surface area (Å²) in [4.78, 5) is 11.4. The van der Waals surface area contributed by atoms with Gasteiger partial charge < -0.3 is 52.9 Å². The molecule has 0 amide bonds. The number of rotatable bonds is 22. The van der Waals surface area contributed by atoms with Gasteiger partial charge in [-0.1, -0.05) is 72.8 Å². The van der Waals surface area contributed by atoms with Gasteiger partial charge in [0.1, 0.15) is 52.9 Å². The summed E-state index contributed by atoms with van der Waals surface area (Å²) >= 11 is 0. The third-order valence-corrected chi connectivity index (χ3v) is 7.16. The molecule has 0 heterocycles. The molecule has 0 radical (unpaired) electrons. The molecule has 0 bridgehead atoms. The summed E-state index contributed by atoms with van der Waals surface area (Å²) < 4.78 is 47.0. The fraction of sp³-hybridized carbons (Fsp3) is 0.225. The number of hydrogen-bond acceptors (Lipinski definition) is 11. The van der Waals surface area contributed by atoms with Crippen LogP contribution in [0.3, 0.4) is 0 Å².